The highest BCUT2D eigenvalue weighted by Gasteiger charge is 2.36. The summed E-state index contributed by atoms with van der Waals surface area (Å²) in [5, 5.41) is 11.8. The van der Waals surface area contributed by atoms with Gasteiger partial charge in [0.25, 0.3) is 0 Å². The third-order valence-corrected chi connectivity index (χ3v) is 8.96. The van der Waals surface area contributed by atoms with Crippen LogP contribution >= 0.6 is 0 Å². The van der Waals surface area contributed by atoms with Gasteiger partial charge in [0.15, 0.2) is 6.23 Å². The van der Waals surface area contributed by atoms with Crippen LogP contribution in [0, 0.1) is 11.8 Å². The zero-order valence-electron chi connectivity index (χ0n) is 24.5. The zero-order valence-corrected chi connectivity index (χ0v) is 24.5. The molecule has 2 aliphatic carbocycles. The molecule has 216 valence electrons. The third-order valence-electron chi connectivity index (χ3n) is 8.96. The Morgan fingerprint density at radius 1 is 0.805 bits per heavy atom. The standard InChI is InChI=1S/C35H42N2O4/c1-36(2)29-21-19-25(20-22-29)24-15-17-27(18-16-24)34(39)37(33(38)26-9-5-4-6-10-26)30-12-7-11-28(23-30)31-13-8-14-32(31)35(40)41-3/h7,11-12,15-23,26,31-32,34,39H,4-6,8-10,13-14H2,1-3H3. The number of rotatable bonds is 8. The second kappa shape index (κ2) is 12.9. The maximum absolute atomic E-state index is 14.0. The van der Waals surface area contributed by atoms with Crippen LogP contribution in [-0.2, 0) is 14.3 Å². The number of methoxy groups -OCH3 is 1. The molecule has 6 nitrogen and oxygen atoms in total. The molecule has 5 rings (SSSR count). The van der Waals surface area contributed by atoms with Crippen molar-refractivity contribution in [3.8, 4) is 11.1 Å². The number of hydrogen-bond acceptors (Lipinski definition) is 5. The molecule has 2 aliphatic rings. The molecule has 3 aromatic carbocycles. The summed E-state index contributed by atoms with van der Waals surface area (Å²) >= 11 is 0. The van der Waals surface area contributed by atoms with E-state index in [0.717, 1.165) is 73.7 Å². The number of benzene rings is 3. The number of anilines is 2. The Morgan fingerprint density at radius 2 is 1.46 bits per heavy atom. The predicted octanol–water partition coefficient (Wildman–Crippen LogP) is 7.08. The summed E-state index contributed by atoms with van der Waals surface area (Å²) < 4.78 is 5.09. The van der Waals surface area contributed by atoms with E-state index >= 15 is 0 Å². The van der Waals surface area contributed by atoms with Crippen molar-refractivity contribution in [2.45, 2.75) is 63.5 Å². The van der Waals surface area contributed by atoms with Crippen molar-refractivity contribution in [3.63, 3.8) is 0 Å². The minimum Gasteiger partial charge on any atom is -0.469 e. The highest BCUT2D eigenvalue weighted by Crippen LogP contribution is 2.42. The molecule has 3 atom stereocenters. The van der Waals surface area contributed by atoms with Crippen LogP contribution in [-0.4, -0.2) is 38.2 Å². The van der Waals surface area contributed by atoms with E-state index in [1.165, 1.54) is 7.11 Å². The molecular formula is C35H42N2O4. The Kier molecular flexibility index (Phi) is 9.09. The monoisotopic (exact) mass is 554 g/mol. The summed E-state index contributed by atoms with van der Waals surface area (Å²) in [5.41, 5.74) is 5.63. The highest BCUT2D eigenvalue weighted by molar-refractivity contribution is 5.95. The Hall–Kier alpha value is -3.64. The maximum atomic E-state index is 14.0. The van der Waals surface area contributed by atoms with E-state index in [0.29, 0.717) is 11.3 Å². The molecule has 3 aromatic rings. The molecule has 1 amide bonds. The third kappa shape index (κ3) is 6.33. The number of nitrogens with zero attached hydrogens (tertiary/aromatic N) is 2. The number of esters is 1. The molecule has 6 heteroatoms. The maximum Gasteiger partial charge on any atom is 0.309 e. The summed E-state index contributed by atoms with van der Waals surface area (Å²) in [6, 6.07) is 24.1. The number of aliphatic hydroxyl groups is 1. The molecule has 0 heterocycles. The number of hydrogen-bond donors (Lipinski definition) is 1. The molecule has 0 aromatic heterocycles. The fourth-order valence-electron chi connectivity index (χ4n) is 6.58. The zero-order chi connectivity index (χ0) is 28.9. The summed E-state index contributed by atoms with van der Waals surface area (Å²) in [7, 11) is 5.48. The lowest BCUT2D eigenvalue weighted by molar-refractivity contribution is -0.145. The smallest absolute Gasteiger partial charge is 0.309 e. The van der Waals surface area contributed by atoms with Gasteiger partial charge in [0.05, 0.1) is 13.0 Å². The molecule has 1 N–H and O–H groups in total. The van der Waals surface area contributed by atoms with Crippen molar-refractivity contribution in [1.82, 2.24) is 0 Å². The van der Waals surface area contributed by atoms with Crippen LogP contribution in [0.1, 0.15) is 74.6 Å². The van der Waals surface area contributed by atoms with Gasteiger partial charge in [-0.2, -0.15) is 0 Å². The van der Waals surface area contributed by atoms with Gasteiger partial charge in [-0.3, -0.25) is 14.5 Å². The number of aliphatic hydroxyl groups excluding tert-OH is 1. The Bertz CT molecular complexity index is 1330. The second-order valence-corrected chi connectivity index (χ2v) is 11.7. The van der Waals surface area contributed by atoms with Gasteiger partial charge in [0, 0.05) is 37.0 Å². The van der Waals surface area contributed by atoms with Crippen molar-refractivity contribution in [2.75, 3.05) is 31.0 Å². The number of carbonyl (C=O) groups is 2. The first-order valence-electron chi connectivity index (χ1n) is 14.9. The second-order valence-electron chi connectivity index (χ2n) is 11.7. The lowest BCUT2D eigenvalue weighted by Gasteiger charge is -2.33. The quantitative estimate of drug-likeness (QED) is 0.238. The Labute approximate surface area is 243 Å². The molecule has 2 fully saturated rings. The average Bonchev–Trinajstić information content (AvgIpc) is 3.52. The minimum atomic E-state index is -1.12. The van der Waals surface area contributed by atoms with Crippen molar-refractivity contribution >= 4 is 23.3 Å². The van der Waals surface area contributed by atoms with Crippen molar-refractivity contribution in [3.05, 3.63) is 83.9 Å². The molecule has 41 heavy (non-hydrogen) atoms. The van der Waals surface area contributed by atoms with Crippen LogP contribution < -0.4 is 9.80 Å². The summed E-state index contributed by atoms with van der Waals surface area (Å²) in [6.45, 7) is 0. The molecule has 0 saturated heterocycles. The number of ether oxygens (including phenoxy) is 1. The van der Waals surface area contributed by atoms with E-state index < -0.39 is 6.23 Å². The van der Waals surface area contributed by atoms with Crippen LogP contribution in [0.3, 0.4) is 0 Å². The Morgan fingerprint density at radius 3 is 2.10 bits per heavy atom. The fourth-order valence-corrected chi connectivity index (χ4v) is 6.58. The van der Waals surface area contributed by atoms with Gasteiger partial charge in [-0.25, -0.2) is 0 Å². The van der Waals surface area contributed by atoms with Crippen LogP contribution in [0.2, 0.25) is 0 Å². The van der Waals surface area contributed by atoms with Crippen molar-refractivity contribution in [2.24, 2.45) is 11.8 Å². The lowest BCUT2D eigenvalue weighted by atomic mass is 9.87. The van der Waals surface area contributed by atoms with Crippen LogP contribution in [0.4, 0.5) is 11.4 Å². The number of amides is 1. The fraction of sp³-hybridized carbons (Fsp3) is 0.429. The van der Waals surface area contributed by atoms with Crippen molar-refractivity contribution < 1.29 is 19.4 Å². The van der Waals surface area contributed by atoms with Crippen molar-refractivity contribution in [1.29, 1.82) is 0 Å². The van der Waals surface area contributed by atoms with E-state index in [2.05, 4.69) is 29.2 Å². The van der Waals surface area contributed by atoms with E-state index in [9.17, 15) is 14.7 Å². The summed E-state index contributed by atoms with van der Waals surface area (Å²) in [6.07, 6.45) is 6.45. The first kappa shape index (κ1) is 28.9. The first-order chi connectivity index (χ1) is 19.9. The normalized spacial score (nSPS) is 19.9. The highest BCUT2D eigenvalue weighted by atomic mass is 16.5. The topological polar surface area (TPSA) is 70.1 Å². The van der Waals surface area contributed by atoms with Gasteiger partial charge in [-0.05, 0) is 72.6 Å². The average molecular weight is 555 g/mol. The van der Waals surface area contributed by atoms with Gasteiger partial charge in [-0.1, -0.05) is 74.2 Å². The van der Waals surface area contributed by atoms with E-state index in [1.54, 1.807) is 4.90 Å². The van der Waals surface area contributed by atoms with E-state index in [1.807, 2.05) is 62.6 Å². The molecular weight excluding hydrogens is 512 g/mol. The first-order valence-corrected chi connectivity index (χ1v) is 14.9. The number of carbonyl (C=O) groups excluding carboxylic acids is 2. The van der Waals surface area contributed by atoms with Crippen LogP contribution in [0.5, 0.6) is 0 Å². The Balaban J connectivity index is 1.45. The SMILES string of the molecule is COC(=O)C1CCCC1c1cccc(N(C(=O)C2CCCCC2)C(O)c2ccc(-c3ccc(N(C)C)cc3)cc2)c1. The molecule has 0 bridgehead atoms. The van der Waals surface area contributed by atoms with Gasteiger partial charge >= 0.3 is 5.97 Å². The van der Waals surface area contributed by atoms with Crippen LogP contribution in [0.15, 0.2) is 72.8 Å². The molecule has 0 spiro atoms. The van der Waals surface area contributed by atoms with Gasteiger partial charge in [0.2, 0.25) is 5.91 Å². The van der Waals surface area contributed by atoms with Gasteiger partial charge in [0.1, 0.15) is 0 Å². The summed E-state index contributed by atoms with van der Waals surface area (Å²) in [5.74, 6) is -0.449. The molecule has 0 radical (unpaired) electrons. The van der Waals surface area contributed by atoms with Crippen LogP contribution in [0.25, 0.3) is 11.1 Å². The molecule has 0 aliphatic heterocycles. The molecule has 3 unspecified atom stereocenters. The van der Waals surface area contributed by atoms with Gasteiger partial charge < -0.3 is 14.7 Å². The van der Waals surface area contributed by atoms with Gasteiger partial charge in [-0.15, -0.1) is 0 Å². The van der Waals surface area contributed by atoms with E-state index in [4.69, 9.17) is 4.74 Å². The predicted molar refractivity (Wildman–Crippen MR) is 164 cm³/mol. The van der Waals surface area contributed by atoms with E-state index in [-0.39, 0.29) is 29.6 Å². The summed E-state index contributed by atoms with van der Waals surface area (Å²) in [4.78, 5) is 30.2. The largest absolute Gasteiger partial charge is 0.469 e. The lowest BCUT2D eigenvalue weighted by Crippen LogP contribution is -2.40. The minimum absolute atomic E-state index is 0.0337. The molecule has 2 saturated carbocycles.